The summed E-state index contributed by atoms with van der Waals surface area (Å²) in [5, 5.41) is 2.59. The second-order valence-electron chi connectivity index (χ2n) is 5.71. The van der Waals surface area contributed by atoms with E-state index < -0.39 is 11.9 Å². The molecule has 1 aliphatic heterocycles. The SMILES string of the molecule is C=CCOC(=O)/C(=C/c1ccc2c(c1)OCO2)NC(=O)c1ccccc1OC. The Morgan fingerprint density at radius 3 is 2.75 bits per heavy atom. The van der Waals surface area contributed by atoms with Crippen LogP contribution in [0, 0.1) is 0 Å². The largest absolute Gasteiger partial charge is 0.496 e. The second-order valence-corrected chi connectivity index (χ2v) is 5.71. The van der Waals surface area contributed by atoms with Gasteiger partial charge in [-0.15, -0.1) is 0 Å². The van der Waals surface area contributed by atoms with E-state index in [2.05, 4.69) is 11.9 Å². The molecule has 0 spiro atoms. The van der Waals surface area contributed by atoms with E-state index in [0.717, 1.165) is 0 Å². The van der Waals surface area contributed by atoms with Gasteiger partial charge in [-0.2, -0.15) is 0 Å². The first kappa shape index (κ1) is 19.0. The minimum Gasteiger partial charge on any atom is -0.496 e. The van der Waals surface area contributed by atoms with Gasteiger partial charge in [0.15, 0.2) is 11.5 Å². The number of esters is 1. The summed E-state index contributed by atoms with van der Waals surface area (Å²) in [5.41, 5.74) is 0.893. The summed E-state index contributed by atoms with van der Waals surface area (Å²) in [5.74, 6) is 0.373. The van der Waals surface area contributed by atoms with Crippen molar-refractivity contribution >= 4 is 18.0 Å². The van der Waals surface area contributed by atoms with E-state index in [0.29, 0.717) is 22.8 Å². The number of rotatable bonds is 7. The van der Waals surface area contributed by atoms with Crippen LogP contribution in [0.15, 0.2) is 60.8 Å². The molecule has 28 heavy (non-hydrogen) atoms. The van der Waals surface area contributed by atoms with Crippen LogP contribution in [0.4, 0.5) is 0 Å². The number of amides is 1. The van der Waals surface area contributed by atoms with Crippen LogP contribution < -0.4 is 19.5 Å². The molecule has 0 saturated carbocycles. The number of carbonyl (C=O) groups is 2. The minimum atomic E-state index is -0.694. The number of hydrogen-bond acceptors (Lipinski definition) is 6. The van der Waals surface area contributed by atoms with Crippen molar-refractivity contribution in [2.24, 2.45) is 0 Å². The Morgan fingerprint density at radius 2 is 1.96 bits per heavy atom. The van der Waals surface area contributed by atoms with E-state index in [1.54, 1.807) is 42.5 Å². The predicted molar refractivity (Wildman–Crippen MR) is 102 cm³/mol. The maximum absolute atomic E-state index is 12.7. The van der Waals surface area contributed by atoms with E-state index in [1.165, 1.54) is 19.3 Å². The van der Waals surface area contributed by atoms with Gasteiger partial charge in [-0.25, -0.2) is 4.79 Å². The van der Waals surface area contributed by atoms with Crippen LogP contribution in [0.1, 0.15) is 15.9 Å². The molecule has 3 rings (SSSR count). The lowest BCUT2D eigenvalue weighted by Gasteiger charge is -2.12. The van der Waals surface area contributed by atoms with E-state index in [-0.39, 0.29) is 24.7 Å². The van der Waals surface area contributed by atoms with Crippen molar-refractivity contribution < 1.29 is 28.5 Å². The second kappa shape index (κ2) is 8.77. The molecule has 7 heteroatoms. The van der Waals surface area contributed by atoms with Crippen molar-refractivity contribution in [1.29, 1.82) is 0 Å². The van der Waals surface area contributed by atoms with Crippen LogP contribution in [0.2, 0.25) is 0 Å². The first-order chi connectivity index (χ1) is 13.6. The minimum absolute atomic E-state index is 0.0157. The number of nitrogens with one attached hydrogen (secondary N) is 1. The summed E-state index contributed by atoms with van der Waals surface area (Å²) < 4.78 is 20.9. The number of para-hydroxylation sites is 1. The molecule has 1 N–H and O–H groups in total. The summed E-state index contributed by atoms with van der Waals surface area (Å²) in [7, 11) is 1.47. The third-order valence-corrected chi connectivity index (χ3v) is 3.86. The highest BCUT2D eigenvalue weighted by Gasteiger charge is 2.19. The molecule has 0 atom stereocenters. The number of benzene rings is 2. The number of carbonyl (C=O) groups excluding carboxylic acids is 2. The van der Waals surface area contributed by atoms with Gasteiger partial charge in [0, 0.05) is 0 Å². The number of ether oxygens (including phenoxy) is 4. The molecule has 1 amide bonds. The maximum atomic E-state index is 12.7. The van der Waals surface area contributed by atoms with Gasteiger partial charge in [-0.3, -0.25) is 4.79 Å². The van der Waals surface area contributed by atoms with Crippen molar-refractivity contribution in [2.75, 3.05) is 20.5 Å². The zero-order valence-electron chi connectivity index (χ0n) is 15.3. The Kier molecular flexibility index (Phi) is 5.96. The Balaban J connectivity index is 1.89. The highest BCUT2D eigenvalue weighted by molar-refractivity contribution is 6.04. The van der Waals surface area contributed by atoms with Gasteiger partial charge in [0.05, 0.1) is 12.7 Å². The van der Waals surface area contributed by atoms with Gasteiger partial charge in [-0.1, -0.05) is 30.9 Å². The molecule has 0 aliphatic carbocycles. The van der Waals surface area contributed by atoms with Gasteiger partial charge < -0.3 is 24.3 Å². The third kappa shape index (κ3) is 4.32. The Hall–Kier alpha value is -3.74. The van der Waals surface area contributed by atoms with E-state index >= 15 is 0 Å². The number of fused-ring (bicyclic) bond motifs is 1. The Labute approximate surface area is 162 Å². The normalized spacial score (nSPS) is 12.2. The van der Waals surface area contributed by atoms with Crippen LogP contribution >= 0.6 is 0 Å². The number of methoxy groups -OCH3 is 1. The molecule has 144 valence electrons. The first-order valence-corrected chi connectivity index (χ1v) is 8.46. The van der Waals surface area contributed by atoms with Gasteiger partial charge >= 0.3 is 5.97 Å². The van der Waals surface area contributed by atoms with E-state index in [9.17, 15) is 9.59 Å². The fourth-order valence-electron chi connectivity index (χ4n) is 2.55. The van der Waals surface area contributed by atoms with Crippen LogP contribution in [0.25, 0.3) is 6.08 Å². The zero-order chi connectivity index (χ0) is 19.9. The van der Waals surface area contributed by atoms with Crippen LogP contribution in [-0.2, 0) is 9.53 Å². The predicted octanol–water partition coefficient (Wildman–Crippen LogP) is 2.92. The molecule has 2 aromatic carbocycles. The topological polar surface area (TPSA) is 83.1 Å². The van der Waals surface area contributed by atoms with Crippen LogP contribution in [0.3, 0.4) is 0 Å². The smallest absolute Gasteiger partial charge is 0.355 e. The lowest BCUT2D eigenvalue weighted by Crippen LogP contribution is -2.29. The first-order valence-electron chi connectivity index (χ1n) is 8.46. The summed E-state index contributed by atoms with van der Waals surface area (Å²) in [4.78, 5) is 25.1. The van der Waals surface area contributed by atoms with Crippen molar-refractivity contribution in [3.8, 4) is 17.2 Å². The van der Waals surface area contributed by atoms with Gasteiger partial charge in [0.25, 0.3) is 5.91 Å². The standard InChI is InChI=1S/C21H19NO6/c1-3-10-26-21(24)16(11-14-8-9-18-19(12-14)28-13-27-18)22-20(23)15-6-4-5-7-17(15)25-2/h3-9,11-12H,1,10,13H2,2H3,(H,22,23)/b16-11-. The Bertz CT molecular complexity index is 934. The van der Waals surface area contributed by atoms with Gasteiger partial charge in [-0.05, 0) is 35.9 Å². The average molecular weight is 381 g/mol. The molecule has 0 saturated heterocycles. The van der Waals surface area contributed by atoms with Crippen molar-refractivity contribution in [3.05, 3.63) is 71.9 Å². The van der Waals surface area contributed by atoms with Gasteiger partial charge in [0.2, 0.25) is 6.79 Å². The molecule has 0 radical (unpaired) electrons. The summed E-state index contributed by atoms with van der Waals surface area (Å²) in [6.45, 7) is 3.67. The molecular weight excluding hydrogens is 362 g/mol. The monoisotopic (exact) mass is 381 g/mol. The van der Waals surface area contributed by atoms with Crippen molar-refractivity contribution in [3.63, 3.8) is 0 Å². The van der Waals surface area contributed by atoms with Crippen molar-refractivity contribution in [1.82, 2.24) is 5.32 Å². The Morgan fingerprint density at radius 1 is 1.18 bits per heavy atom. The van der Waals surface area contributed by atoms with Crippen LogP contribution in [0.5, 0.6) is 17.2 Å². The van der Waals surface area contributed by atoms with Crippen molar-refractivity contribution in [2.45, 2.75) is 0 Å². The molecular formula is C21H19NO6. The highest BCUT2D eigenvalue weighted by Crippen LogP contribution is 2.33. The molecule has 0 bridgehead atoms. The molecule has 0 aromatic heterocycles. The number of hydrogen-bond donors (Lipinski definition) is 1. The fraction of sp³-hybridized carbons (Fsp3) is 0.143. The molecule has 1 heterocycles. The quantitative estimate of drug-likeness (QED) is 0.451. The zero-order valence-corrected chi connectivity index (χ0v) is 15.3. The van der Waals surface area contributed by atoms with Gasteiger partial charge in [0.1, 0.15) is 18.1 Å². The summed E-state index contributed by atoms with van der Waals surface area (Å²) >= 11 is 0. The lowest BCUT2D eigenvalue weighted by atomic mass is 10.1. The highest BCUT2D eigenvalue weighted by atomic mass is 16.7. The van der Waals surface area contributed by atoms with E-state index in [4.69, 9.17) is 18.9 Å². The maximum Gasteiger partial charge on any atom is 0.355 e. The molecule has 0 unspecified atom stereocenters. The molecule has 7 nitrogen and oxygen atoms in total. The lowest BCUT2D eigenvalue weighted by molar-refractivity contribution is -0.138. The van der Waals surface area contributed by atoms with E-state index in [1.807, 2.05) is 0 Å². The third-order valence-electron chi connectivity index (χ3n) is 3.86. The summed E-state index contributed by atoms with van der Waals surface area (Å²) in [6.07, 6.45) is 2.94. The summed E-state index contributed by atoms with van der Waals surface area (Å²) in [6, 6.07) is 11.9. The average Bonchev–Trinajstić information content (AvgIpc) is 3.19. The molecule has 2 aromatic rings. The van der Waals surface area contributed by atoms with Crippen LogP contribution in [-0.4, -0.2) is 32.4 Å². The molecule has 1 aliphatic rings. The molecule has 0 fully saturated rings. The fourth-order valence-corrected chi connectivity index (χ4v) is 2.55.